The van der Waals surface area contributed by atoms with Gasteiger partial charge in [-0.25, -0.2) is 0 Å². The van der Waals surface area contributed by atoms with Crippen LogP contribution < -0.4 is 5.32 Å². The van der Waals surface area contributed by atoms with E-state index in [2.05, 4.69) is 15.5 Å². The highest BCUT2D eigenvalue weighted by Gasteiger charge is 2.16. The molecule has 0 unspecified atom stereocenters. The zero-order chi connectivity index (χ0) is 13.8. The van der Waals surface area contributed by atoms with Crippen LogP contribution in [-0.2, 0) is 13.1 Å². The molecule has 2 rings (SSSR count). The third kappa shape index (κ3) is 2.82. The van der Waals surface area contributed by atoms with Crippen molar-refractivity contribution < 1.29 is 4.92 Å². The van der Waals surface area contributed by atoms with E-state index < -0.39 is 4.92 Å². The van der Waals surface area contributed by atoms with E-state index in [1.165, 1.54) is 6.07 Å². The van der Waals surface area contributed by atoms with Crippen LogP contribution in [0.15, 0.2) is 24.5 Å². The molecule has 0 radical (unpaired) electrons. The predicted molar refractivity (Wildman–Crippen MR) is 71.1 cm³/mol. The lowest BCUT2D eigenvalue weighted by atomic mass is 10.2. The summed E-state index contributed by atoms with van der Waals surface area (Å²) >= 11 is 5.98. The lowest BCUT2D eigenvalue weighted by molar-refractivity contribution is -0.384. The van der Waals surface area contributed by atoms with Crippen LogP contribution in [-0.4, -0.2) is 19.7 Å². The quantitative estimate of drug-likeness (QED) is 0.672. The molecular formula is C11H12ClN5O2. The molecule has 0 bridgehead atoms. The summed E-state index contributed by atoms with van der Waals surface area (Å²) in [5.41, 5.74) is 0.231. The molecule has 0 aliphatic carbocycles. The van der Waals surface area contributed by atoms with Crippen molar-refractivity contribution in [1.82, 2.24) is 14.8 Å². The van der Waals surface area contributed by atoms with Gasteiger partial charge in [0.2, 0.25) is 0 Å². The number of benzene rings is 1. The highest BCUT2D eigenvalue weighted by Crippen LogP contribution is 2.31. The Labute approximate surface area is 114 Å². The molecule has 1 N–H and O–H groups in total. The fourth-order valence-corrected chi connectivity index (χ4v) is 1.92. The zero-order valence-electron chi connectivity index (χ0n) is 10.2. The van der Waals surface area contributed by atoms with Crippen molar-refractivity contribution in [1.29, 1.82) is 0 Å². The van der Waals surface area contributed by atoms with E-state index >= 15 is 0 Å². The van der Waals surface area contributed by atoms with Crippen LogP contribution in [0.1, 0.15) is 12.7 Å². The normalized spacial score (nSPS) is 10.4. The van der Waals surface area contributed by atoms with Gasteiger partial charge in [-0.3, -0.25) is 10.1 Å². The molecule has 0 saturated carbocycles. The molecule has 0 amide bonds. The standard InChI is InChI=1S/C11H12ClN5O2/c1-2-16-7-14-15-10(16)6-13-11-8(12)4-3-5-9(11)17(18)19/h3-5,7,13H,2,6H2,1H3. The van der Waals surface area contributed by atoms with Gasteiger partial charge >= 0.3 is 0 Å². The highest BCUT2D eigenvalue weighted by molar-refractivity contribution is 6.33. The molecule has 0 atom stereocenters. The molecule has 1 aromatic heterocycles. The lowest BCUT2D eigenvalue weighted by Crippen LogP contribution is -2.09. The van der Waals surface area contributed by atoms with Gasteiger partial charge in [-0.15, -0.1) is 10.2 Å². The largest absolute Gasteiger partial charge is 0.371 e. The first-order valence-corrected chi connectivity index (χ1v) is 6.04. The van der Waals surface area contributed by atoms with Crippen molar-refractivity contribution in [2.75, 3.05) is 5.32 Å². The molecule has 8 heteroatoms. The van der Waals surface area contributed by atoms with Gasteiger partial charge in [-0.05, 0) is 13.0 Å². The number of nitro benzene ring substituents is 1. The van der Waals surface area contributed by atoms with Crippen LogP contribution in [0, 0.1) is 10.1 Å². The Morgan fingerprint density at radius 2 is 2.32 bits per heavy atom. The van der Waals surface area contributed by atoms with Crippen molar-refractivity contribution in [3.8, 4) is 0 Å². The van der Waals surface area contributed by atoms with Gasteiger partial charge in [-0.2, -0.15) is 0 Å². The second kappa shape index (κ2) is 5.66. The third-order valence-corrected chi connectivity index (χ3v) is 2.96. The summed E-state index contributed by atoms with van der Waals surface area (Å²) in [6, 6.07) is 4.54. The first kappa shape index (κ1) is 13.3. The summed E-state index contributed by atoms with van der Waals surface area (Å²) in [5.74, 6) is 0.691. The summed E-state index contributed by atoms with van der Waals surface area (Å²) in [6.07, 6.45) is 1.61. The van der Waals surface area contributed by atoms with Gasteiger partial charge in [0.25, 0.3) is 5.69 Å². The molecule has 0 spiro atoms. The van der Waals surface area contributed by atoms with Gasteiger partial charge < -0.3 is 9.88 Å². The zero-order valence-corrected chi connectivity index (χ0v) is 11.0. The Kier molecular flexibility index (Phi) is 3.96. The number of anilines is 1. The number of nitrogens with zero attached hydrogens (tertiary/aromatic N) is 4. The van der Waals surface area contributed by atoms with E-state index in [0.29, 0.717) is 23.1 Å². The van der Waals surface area contributed by atoms with Crippen molar-refractivity contribution in [2.24, 2.45) is 0 Å². The fraction of sp³-hybridized carbons (Fsp3) is 0.273. The van der Waals surface area contributed by atoms with Crippen LogP contribution >= 0.6 is 11.6 Å². The minimum atomic E-state index is -0.473. The number of hydrogen-bond donors (Lipinski definition) is 1. The highest BCUT2D eigenvalue weighted by atomic mass is 35.5. The molecule has 0 aliphatic rings. The number of nitrogens with one attached hydrogen (secondary N) is 1. The summed E-state index contributed by atoms with van der Waals surface area (Å²) in [4.78, 5) is 10.5. The van der Waals surface area contributed by atoms with Crippen LogP contribution in [0.3, 0.4) is 0 Å². The van der Waals surface area contributed by atoms with E-state index in [9.17, 15) is 10.1 Å². The monoisotopic (exact) mass is 281 g/mol. The van der Waals surface area contributed by atoms with E-state index in [-0.39, 0.29) is 5.69 Å². The number of aryl methyl sites for hydroxylation is 1. The molecule has 100 valence electrons. The summed E-state index contributed by atoms with van der Waals surface area (Å²) < 4.78 is 1.84. The van der Waals surface area contributed by atoms with Crippen molar-refractivity contribution in [3.63, 3.8) is 0 Å². The summed E-state index contributed by atoms with van der Waals surface area (Å²) in [7, 11) is 0. The van der Waals surface area contributed by atoms with Gasteiger partial charge in [-0.1, -0.05) is 17.7 Å². The Balaban J connectivity index is 2.22. The number of nitro groups is 1. The molecule has 1 heterocycles. The summed E-state index contributed by atoms with van der Waals surface area (Å²) in [5, 5.41) is 21.9. The van der Waals surface area contributed by atoms with Crippen LogP contribution in [0.25, 0.3) is 0 Å². The first-order valence-electron chi connectivity index (χ1n) is 5.67. The van der Waals surface area contributed by atoms with Crippen molar-refractivity contribution in [2.45, 2.75) is 20.0 Å². The van der Waals surface area contributed by atoms with E-state index in [1.807, 2.05) is 11.5 Å². The summed E-state index contributed by atoms with van der Waals surface area (Å²) in [6.45, 7) is 3.01. The van der Waals surface area contributed by atoms with Crippen molar-refractivity contribution in [3.05, 3.63) is 45.5 Å². The number of aromatic nitrogens is 3. The Bertz CT molecular complexity index is 599. The smallest absolute Gasteiger partial charge is 0.293 e. The molecule has 1 aromatic carbocycles. The maximum Gasteiger partial charge on any atom is 0.293 e. The number of rotatable bonds is 5. The van der Waals surface area contributed by atoms with Gasteiger partial charge in [0.05, 0.1) is 16.5 Å². The van der Waals surface area contributed by atoms with E-state index in [1.54, 1.807) is 18.5 Å². The lowest BCUT2D eigenvalue weighted by Gasteiger charge is -2.09. The SMILES string of the molecule is CCn1cnnc1CNc1c(Cl)cccc1[N+](=O)[O-]. The Morgan fingerprint density at radius 1 is 1.53 bits per heavy atom. The average molecular weight is 282 g/mol. The van der Waals surface area contributed by atoms with Crippen LogP contribution in [0.4, 0.5) is 11.4 Å². The molecular weight excluding hydrogens is 270 g/mol. The number of hydrogen-bond acceptors (Lipinski definition) is 5. The minimum Gasteiger partial charge on any atom is -0.371 e. The maximum atomic E-state index is 10.9. The fourth-order valence-electron chi connectivity index (χ4n) is 1.69. The number of halogens is 1. The van der Waals surface area contributed by atoms with E-state index in [0.717, 1.165) is 6.54 Å². The maximum absolute atomic E-state index is 10.9. The molecule has 0 fully saturated rings. The van der Waals surface area contributed by atoms with Crippen LogP contribution in [0.5, 0.6) is 0 Å². The molecule has 19 heavy (non-hydrogen) atoms. The molecule has 7 nitrogen and oxygen atoms in total. The van der Waals surface area contributed by atoms with E-state index in [4.69, 9.17) is 11.6 Å². The van der Waals surface area contributed by atoms with Gasteiger partial charge in [0, 0.05) is 12.6 Å². The topological polar surface area (TPSA) is 85.9 Å². The van der Waals surface area contributed by atoms with Crippen LogP contribution in [0.2, 0.25) is 5.02 Å². The number of para-hydroxylation sites is 1. The average Bonchev–Trinajstić information content (AvgIpc) is 2.84. The van der Waals surface area contributed by atoms with Gasteiger partial charge in [0.15, 0.2) is 5.82 Å². The first-order chi connectivity index (χ1) is 9.13. The molecule has 0 saturated heterocycles. The Morgan fingerprint density at radius 3 is 3.00 bits per heavy atom. The second-order valence-corrected chi connectivity index (χ2v) is 4.19. The third-order valence-electron chi connectivity index (χ3n) is 2.65. The predicted octanol–water partition coefficient (Wildman–Crippen LogP) is 2.47. The van der Waals surface area contributed by atoms with Crippen molar-refractivity contribution >= 4 is 23.0 Å². The minimum absolute atomic E-state index is 0.0601. The second-order valence-electron chi connectivity index (χ2n) is 3.78. The Hall–Kier alpha value is -2.15. The molecule has 0 aliphatic heterocycles. The molecule has 2 aromatic rings. The van der Waals surface area contributed by atoms with Gasteiger partial charge in [0.1, 0.15) is 12.0 Å².